The monoisotopic (exact) mass is 577 g/mol. The molecule has 1 heterocycles. The van der Waals surface area contributed by atoms with Crippen molar-refractivity contribution >= 4 is 57.1 Å². The Bertz CT molecular complexity index is 1420. The first-order valence-corrected chi connectivity index (χ1v) is 12.5. The average molecular weight is 578 g/mol. The number of carbonyl (C=O) groups excluding carboxylic acids is 4. The molecular formula is C28H24BrN3O6. The Morgan fingerprint density at radius 3 is 2.39 bits per heavy atom. The molecule has 194 valence electrons. The third kappa shape index (κ3) is 6.27. The maximum absolute atomic E-state index is 13.3. The van der Waals surface area contributed by atoms with Gasteiger partial charge in [0.2, 0.25) is 0 Å². The van der Waals surface area contributed by atoms with Crippen molar-refractivity contribution in [2.75, 3.05) is 23.4 Å². The van der Waals surface area contributed by atoms with Crippen LogP contribution in [0.5, 0.6) is 11.5 Å². The number of hydrogen-bond donors (Lipinski definition) is 2. The Labute approximate surface area is 227 Å². The highest BCUT2D eigenvalue weighted by atomic mass is 79.9. The van der Waals surface area contributed by atoms with E-state index >= 15 is 0 Å². The van der Waals surface area contributed by atoms with Crippen LogP contribution in [0.3, 0.4) is 0 Å². The standard InChI is InChI=1S/C28H24BrN3O6/c1-3-37-22-11-9-21(10-12-22)32-27(35)23(26(34)31-28(32)36)15-18-14-19(29)6-13-24(18)38-16-25(33)30-20-7-4-17(2)5-8-20/h4-15H,3,16H2,1-2H3,(H,30,33)(H,31,34,36)/b23-15+. The summed E-state index contributed by atoms with van der Waals surface area (Å²) in [5.41, 5.74) is 2.06. The number of barbiturate groups is 1. The minimum Gasteiger partial charge on any atom is -0.494 e. The van der Waals surface area contributed by atoms with E-state index in [0.717, 1.165) is 10.5 Å². The summed E-state index contributed by atoms with van der Waals surface area (Å²) in [6, 6.07) is 17.8. The van der Waals surface area contributed by atoms with Crippen molar-refractivity contribution in [1.82, 2.24) is 5.32 Å². The van der Waals surface area contributed by atoms with E-state index in [9.17, 15) is 19.2 Å². The van der Waals surface area contributed by atoms with E-state index in [0.29, 0.717) is 28.1 Å². The highest BCUT2D eigenvalue weighted by Crippen LogP contribution is 2.29. The lowest BCUT2D eigenvalue weighted by atomic mass is 10.1. The SMILES string of the molecule is CCOc1ccc(N2C(=O)NC(=O)/C(=C\c3cc(Br)ccc3OCC(=O)Nc3ccc(C)cc3)C2=O)cc1. The zero-order chi connectivity index (χ0) is 27.2. The fraction of sp³-hybridized carbons (Fsp3) is 0.143. The molecule has 0 radical (unpaired) electrons. The molecular weight excluding hydrogens is 554 g/mol. The first-order valence-electron chi connectivity index (χ1n) is 11.7. The highest BCUT2D eigenvalue weighted by Gasteiger charge is 2.37. The van der Waals surface area contributed by atoms with Crippen molar-refractivity contribution in [3.05, 3.63) is 87.9 Å². The molecule has 0 bridgehead atoms. The number of carbonyl (C=O) groups is 4. The van der Waals surface area contributed by atoms with Gasteiger partial charge in [-0.15, -0.1) is 0 Å². The molecule has 38 heavy (non-hydrogen) atoms. The van der Waals surface area contributed by atoms with Crippen LogP contribution < -0.4 is 25.0 Å². The van der Waals surface area contributed by atoms with Gasteiger partial charge in [-0.2, -0.15) is 0 Å². The number of nitrogens with one attached hydrogen (secondary N) is 2. The van der Waals surface area contributed by atoms with E-state index in [1.807, 2.05) is 26.0 Å². The van der Waals surface area contributed by atoms with E-state index in [2.05, 4.69) is 26.6 Å². The number of nitrogens with zero attached hydrogens (tertiary/aromatic N) is 1. The Morgan fingerprint density at radius 1 is 1.00 bits per heavy atom. The molecule has 1 aliphatic heterocycles. The third-order valence-corrected chi connectivity index (χ3v) is 5.97. The molecule has 0 aromatic heterocycles. The number of anilines is 2. The van der Waals surface area contributed by atoms with Crippen molar-refractivity contribution in [3.63, 3.8) is 0 Å². The molecule has 0 saturated carbocycles. The largest absolute Gasteiger partial charge is 0.494 e. The topological polar surface area (TPSA) is 114 Å². The minimum atomic E-state index is -0.861. The normalized spacial score (nSPS) is 14.3. The molecule has 1 fully saturated rings. The summed E-state index contributed by atoms with van der Waals surface area (Å²) in [6.07, 6.45) is 1.32. The fourth-order valence-corrected chi connectivity index (χ4v) is 4.03. The third-order valence-electron chi connectivity index (χ3n) is 5.47. The summed E-state index contributed by atoms with van der Waals surface area (Å²) in [5, 5.41) is 4.94. The molecule has 0 unspecified atom stereocenters. The number of imide groups is 2. The van der Waals surface area contributed by atoms with Crippen LogP contribution in [0.1, 0.15) is 18.1 Å². The second-order valence-corrected chi connectivity index (χ2v) is 9.19. The molecule has 1 aliphatic rings. The lowest BCUT2D eigenvalue weighted by Crippen LogP contribution is -2.54. The number of ether oxygens (including phenoxy) is 2. The number of urea groups is 1. The molecule has 3 aromatic rings. The number of benzene rings is 3. The van der Waals surface area contributed by atoms with Crippen molar-refractivity contribution in [2.45, 2.75) is 13.8 Å². The maximum Gasteiger partial charge on any atom is 0.335 e. The van der Waals surface area contributed by atoms with Gasteiger partial charge in [0, 0.05) is 15.7 Å². The molecule has 3 aromatic carbocycles. The summed E-state index contributed by atoms with van der Waals surface area (Å²) in [4.78, 5) is 51.7. The molecule has 5 amide bonds. The van der Waals surface area contributed by atoms with Gasteiger partial charge in [0.25, 0.3) is 17.7 Å². The van der Waals surface area contributed by atoms with Gasteiger partial charge in [-0.25, -0.2) is 9.69 Å². The van der Waals surface area contributed by atoms with E-state index in [1.165, 1.54) is 6.08 Å². The number of halogens is 1. The van der Waals surface area contributed by atoms with E-state index in [4.69, 9.17) is 9.47 Å². The van der Waals surface area contributed by atoms with Crippen molar-refractivity contribution in [2.24, 2.45) is 0 Å². The van der Waals surface area contributed by atoms with Gasteiger partial charge in [-0.05, 0) is 74.5 Å². The Hall–Kier alpha value is -4.44. The van der Waals surface area contributed by atoms with Gasteiger partial charge in [0.15, 0.2) is 6.61 Å². The van der Waals surface area contributed by atoms with Crippen LogP contribution in [0.15, 0.2) is 76.8 Å². The van der Waals surface area contributed by atoms with E-state index in [1.54, 1.807) is 54.6 Å². The first-order chi connectivity index (χ1) is 18.2. The number of amides is 5. The second-order valence-electron chi connectivity index (χ2n) is 8.27. The molecule has 2 N–H and O–H groups in total. The van der Waals surface area contributed by atoms with E-state index in [-0.39, 0.29) is 29.5 Å². The van der Waals surface area contributed by atoms with Gasteiger partial charge < -0.3 is 14.8 Å². The Balaban J connectivity index is 1.56. The van der Waals surface area contributed by atoms with Crippen molar-refractivity contribution in [3.8, 4) is 11.5 Å². The van der Waals surface area contributed by atoms with Crippen LogP contribution in [-0.2, 0) is 14.4 Å². The fourth-order valence-electron chi connectivity index (χ4n) is 3.65. The molecule has 4 rings (SSSR count). The summed E-state index contributed by atoms with van der Waals surface area (Å²) in [6.45, 7) is 3.95. The minimum absolute atomic E-state index is 0.268. The molecule has 9 nitrogen and oxygen atoms in total. The van der Waals surface area contributed by atoms with Gasteiger partial charge in [-0.3, -0.25) is 19.7 Å². The number of rotatable bonds is 8. The van der Waals surface area contributed by atoms with Gasteiger partial charge in [0.1, 0.15) is 17.1 Å². The van der Waals surface area contributed by atoms with Gasteiger partial charge >= 0.3 is 6.03 Å². The zero-order valence-corrected chi connectivity index (χ0v) is 22.2. The zero-order valence-electron chi connectivity index (χ0n) is 20.6. The predicted molar refractivity (Wildman–Crippen MR) is 146 cm³/mol. The average Bonchev–Trinajstić information content (AvgIpc) is 2.88. The van der Waals surface area contributed by atoms with Crippen molar-refractivity contribution in [1.29, 1.82) is 0 Å². The number of aryl methyl sites for hydroxylation is 1. The molecule has 1 saturated heterocycles. The predicted octanol–water partition coefficient (Wildman–Crippen LogP) is 4.84. The summed E-state index contributed by atoms with van der Waals surface area (Å²) in [5.74, 6) is -1.18. The summed E-state index contributed by atoms with van der Waals surface area (Å²) >= 11 is 3.37. The Kier molecular flexibility index (Phi) is 8.22. The molecule has 0 aliphatic carbocycles. The number of hydrogen-bond acceptors (Lipinski definition) is 6. The molecule has 0 spiro atoms. The lowest BCUT2D eigenvalue weighted by Gasteiger charge is -2.26. The summed E-state index contributed by atoms with van der Waals surface area (Å²) < 4.78 is 11.8. The van der Waals surface area contributed by atoms with Gasteiger partial charge in [-0.1, -0.05) is 33.6 Å². The van der Waals surface area contributed by atoms with Crippen LogP contribution in [0.4, 0.5) is 16.2 Å². The molecule has 0 atom stereocenters. The Morgan fingerprint density at radius 2 is 1.71 bits per heavy atom. The van der Waals surface area contributed by atoms with Crippen LogP contribution in [0.2, 0.25) is 0 Å². The quantitative estimate of drug-likeness (QED) is 0.292. The first kappa shape index (κ1) is 26.6. The lowest BCUT2D eigenvalue weighted by molar-refractivity contribution is -0.122. The van der Waals surface area contributed by atoms with Crippen LogP contribution in [0, 0.1) is 6.92 Å². The smallest absolute Gasteiger partial charge is 0.335 e. The van der Waals surface area contributed by atoms with Gasteiger partial charge in [0.05, 0.1) is 12.3 Å². The second kappa shape index (κ2) is 11.7. The highest BCUT2D eigenvalue weighted by molar-refractivity contribution is 9.10. The van der Waals surface area contributed by atoms with E-state index < -0.39 is 17.8 Å². The van der Waals surface area contributed by atoms with Crippen molar-refractivity contribution < 1.29 is 28.7 Å². The van der Waals surface area contributed by atoms with Crippen LogP contribution >= 0.6 is 15.9 Å². The maximum atomic E-state index is 13.3. The van der Waals surface area contributed by atoms with Crippen LogP contribution in [-0.4, -0.2) is 37.0 Å². The summed E-state index contributed by atoms with van der Waals surface area (Å²) in [7, 11) is 0. The molecule has 10 heteroatoms. The van der Waals surface area contributed by atoms with Crippen LogP contribution in [0.25, 0.3) is 6.08 Å².